The summed E-state index contributed by atoms with van der Waals surface area (Å²) >= 11 is 0. The quantitative estimate of drug-likeness (QED) is 0.363. The highest BCUT2D eigenvalue weighted by atomic mass is 16.5. The van der Waals surface area contributed by atoms with Crippen molar-refractivity contribution in [3.63, 3.8) is 0 Å². The third-order valence-electron chi connectivity index (χ3n) is 5.40. The summed E-state index contributed by atoms with van der Waals surface area (Å²) in [4.78, 5) is 26.2. The molecule has 1 N–H and O–H groups in total. The third kappa shape index (κ3) is 4.50. The van der Waals surface area contributed by atoms with Crippen LogP contribution >= 0.6 is 0 Å². The van der Waals surface area contributed by atoms with E-state index in [1.54, 1.807) is 18.6 Å². The Morgan fingerprint density at radius 2 is 1.76 bits per heavy atom. The van der Waals surface area contributed by atoms with E-state index in [1.807, 2.05) is 72.8 Å². The van der Waals surface area contributed by atoms with Gasteiger partial charge in [-0.1, -0.05) is 36.4 Å². The van der Waals surface area contributed by atoms with Crippen LogP contribution in [0.4, 0.5) is 0 Å². The number of amides is 1. The minimum Gasteiger partial charge on any atom is -0.491 e. The summed E-state index contributed by atoms with van der Waals surface area (Å²) in [6.07, 6.45) is 5.87. The zero-order valence-electron chi connectivity index (χ0n) is 17.9. The molecule has 3 heterocycles. The fourth-order valence-corrected chi connectivity index (χ4v) is 3.78. The number of hydrogen-bond donors (Lipinski definition) is 1. The Morgan fingerprint density at radius 1 is 0.909 bits per heavy atom. The average molecular weight is 434 g/mol. The molecule has 6 heteroatoms. The van der Waals surface area contributed by atoms with Gasteiger partial charge in [0.15, 0.2) is 0 Å². The van der Waals surface area contributed by atoms with Crippen LogP contribution < -0.4 is 10.1 Å². The van der Waals surface area contributed by atoms with Crippen molar-refractivity contribution in [2.75, 3.05) is 13.2 Å². The van der Waals surface area contributed by atoms with Gasteiger partial charge in [-0.2, -0.15) is 0 Å². The summed E-state index contributed by atoms with van der Waals surface area (Å²) in [5, 5.41) is 4.88. The molecular weight excluding hydrogens is 412 g/mol. The van der Waals surface area contributed by atoms with E-state index < -0.39 is 0 Å². The topological polar surface area (TPSA) is 77.0 Å². The van der Waals surface area contributed by atoms with Gasteiger partial charge >= 0.3 is 0 Å². The maximum atomic E-state index is 13.0. The second-order valence-corrected chi connectivity index (χ2v) is 7.60. The standard InChI is InChI=1S/C27H22N4O2/c32-27(30-14-5-17-33-25-10-3-6-20-7-4-13-29-26(20)25)22-18-24(19-11-15-28-16-12-19)31-23-9-2-1-8-21(22)23/h1-4,6-13,15-16,18H,5,14,17H2,(H,30,32). The number of para-hydroxylation sites is 2. The predicted molar refractivity (Wildman–Crippen MR) is 129 cm³/mol. The zero-order chi connectivity index (χ0) is 22.5. The maximum absolute atomic E-state index is 13.0. The van der Waals surface area contributed by atoms with E-state index in [2.05, 4.69) is 15.3 Å². The summed E-state index contributed by atoms with van der Waals surface area (Å²) in [5.74, 6) is 0.622. The van der Waals surface area contributed by atoms with Crippen molar-refractivity contribution in [1.82, 2.24) is 20.3 Å². The zero-order valence-corrected chi connectivity index (χ0v) is 17.9. The number of rotatable bonds is 7. The monoisotopic (exact) mass is 434 g/mol. The SMILES string of the molecule is O=C(NCCCOc1cccc2cccnc12)c1cc(-c2ccncc2)nc2ccccc12. The summed E-state index contributed by atoms with van der Waals surface area (Å²) < 4.78 is 5.92. The lowest BCUT2D eigenvalue weighted by molar-refractivity contribution is 0.0953. The number of nitrogens with zero attached hydrogens (tertiary/aromatic N) is 3. The molecule has 0 bridgehead atoms. The Labute approximate surface area is 191 Å². The molecule has 0 saturated heterocycles. The Hall–Kier alpha value is -4.32. The molecule has 5 aromatic rings. The van der Waals surface area contributed by atoms with E-state index in [1.165, 1.54) is 0 Å². The molecule has 0 saturated carbocycles. The number of hydrogen-bond acceptors (Lipinski definition) is 5. The molecule has 33 heavy (non-hydrogen) atoms. The van der Waals surface area contributed by atoms with Gasteiger partial charge in [0.25, 0.3) is 5.91 Å². The first kappa shape index (κ1) is 20.6. The summed E-state index contributed by atoms with van der Waals surface area (Å²) in [6, 6.07) is 23.1. The van der Waals surface area contributed by atoms with Crippen molar-refractivity contribution < 1.29 is 9.53 Å². The average Bonchev–Trinajstić information content (AvgIpc) is 2.88. The molecule has 0 aliphatic rings. The van der Waals surface area contributed by atoms with Gasteiger partial charge in [-0.05, 0) is 42.8 Å². The molecule has 3 aromatic heterocycles. The van der Waals surface area contributed by atoms with Gasteiger partial charge in [-0.25, -0.2) is 4.98 Å². The number of fused-ring (bicyclic) bond motifs is 2. The van der Waals surface area contributed by atoms with E-state index in [9.17, 15) is 4.79 Å². The van der Waals surface area contributed by atoms with E-state index >= 15 is 0 Å². The molecule has 0 spiro atoms. The highest BCUT2D eigenvalue weighted by Gasteiger charge is 2.13. The lowest BCUT2D eigenvalue weighted by Gasteiger charge is -2.11. The van der Waals surface area contributed by atoms with Crippen molar-refractivity contribution in [3.8, 4) is 17.0 Å². The molecule has 0 unspecified atom stereocenters. The van der Waals surface area contributed by atoms with Crippen molar-refractivity contribution in [2.24, 2.45) is 0 Å². The fourth-order valence-electron chi connectivity index (χ4n) is 3.78. The summed E-state index contributed by atoms with van der Waals surface area (Å²) in [5.41, 5.74) is 3.89. The molecule has 0 radical (unpaired) electrons. The van der Waals surface area contributed by atoms with Gasteiger partial charge in [0.2, 0.25) is 0 Å². The van der Waals surface area contributed by atoms with Crippen LogP contribution in [-0.4, -0.2) is 34.0 Å². The number of nitrogens with one attached hydrogen (secondary N) is 1. The molecule has 0 aliphatic heterocycles. The molecular formula is C27H22N4O2. The first-order chi connectivity index (χ1) is 16.3. The van der Waals surface area contributed by atoms with Gasteiger partial charge < -0.3 is 10.1 Å². The number of pyridine rings is 3. The highest BCUT2D eigenvalue weighted by Crippen LogP contribution is 2.25. The molecule has 2 aromatic carbocycles. The highest BCUT2D eigenvalue weighted by molar-refractivity contribution is 6.07. The molecule has 162 valence electrons. The van der Waals surface area contributed by atoms with Crippen LogP contribution in [0.1, 0.15) is 16.8 Å². The second kappa shape index (κ2) is 9.44. The van der Waals surface area contributed by atoms with Crippen LogP contribution in [0.3, 0.4) is 0 Å². The number of carbonyl (C=O) groups is 1. The normalized spacial score (nSPS) is 10.9. The number of aromatic nitrogens is 3. The number of ether oxygens (including phenoxy) is 1. The van der Waals surface area contributed by atoms with Crippen LogP contribution in [0.5, 0.6) is 5.75 Å². The molecule has 0 aliphatic carbocycles. The van der Waals surface area contributed by atoms with Crippen molar-refractivity contribution in [2.45, 2.75) is 6.42 Å². The Kier molecular flexibility index (Phi) is 5.89. The summed E-state index contributed by atoms with van der Waals surface area (Å²) in [7, 11) is 0. The van der Waals surface area contributed by atoms with Crippen LogP contribution in [0, 0.1) is 0 Å². The largest absolute Gasteiger partial charge is 0.491 e. The predicted octanol–water partition coefficient (Wildman–Crippen LogP) is 5.04. The lowest BCUT2D eigenvalue weighted by atomic mass is 10.0. The minimum atomic E-state index is -0.129. The summed E-state index contributed by atoms with van der Waals surface area (Å²) in [6.45, 7) is 0.980. The lowest BCUT2D eigenvalue weighted by Crippen LogP contribution is -2.26. The Morgan fingerprint density at radius 3 is 2.67 bits per heavy atom. The van der Waals surface area contributed by atoms with Gasteiger partial charge in [0.1, 0.15) is 11.3 Å². The number of carbonyl (C=O) groups excluding carboxylic acids is 1. The fraction of sp³-hybridized carbons (Fsp3) is 0.111. The molecule has 1 amide bonds. The van der Waals surface area contributed by atoms with E-state index in [-0.39, 0.29) is 5.91 Å². The van der Waals surface area contributed by atoms with Crippen molar-refractivity contribution in [3.05, 3.63) is 97.0 Å². The Bertz CT molecular complexity index is 1410. The van der Waals surface area contributed by atoms with Gasteiger partial charge in [-0.15, -0.1) is 0 Å². The second-order valence-electron chi connectivity index (χ2n) is 7.60. The number of benzene rings is 2. The first-order valence-corrected chi connectivity index (χ1v) is 10.8. The molecule has 5 rings (SSSR count). The maximum Gasteiger partial charge on any atom is 0.252 e. The van der Waals surface area contributed by atoms with Gasteiger partial charge in [-0.3, -0.25) is 14.8 Å². The van der Waals surface area contributed by atoms with Crippen molar-refractivity contribution in [1.29, 1.82) is 0 Å². The van der Waals surface area contributed by atoms with E-state index in [4.69, 9.17) is 9.72 Å². The minimum absolute atomic E-state index is 0.129. The first-order valence-electron chi connectivity index (χ1n) is 10.8. The van der Waals surface area contributed by atoms with Crippen LogP contribution in [0.15, 0.2) is 91.4 Å². The molecule has 6 nitrogen and oxygen atoms in total. The third-order valence-corrected chi connectivity index (χ3v) is 5.40. The van der Waals surface area contributed by atoms with Crippen LogP contribution in [-0.2, 0) is 0 Å². The van der Waals surface area contributed by atoms with E-state index in [0.29, 0.717) is 25.1 Å². The van der Waals surface area contributed by atoms with Crippen molar-refractivity contribution >= 4 is 27.7 Å². The van der Waals surface area contributed by atoms with E-state index in [0.717, 1.165) is 38.8 Å². The van der Waals surface area contributed by atoms with Gasteiger partial charge in [0, 0.05) is 41.5 Å². The van der Waals surface area contributed by atoms with Gasteiger partial charge in [0.05, 0.1) is 23.4 Å². The molecule has 0 fully saturated rings. The smallest absolute Gasteiger partial charge is 0.252 e. The van der Waals surface area contributed by atoms with Crippen LogP contribution in [0.2, 0.25) is 0 Å². The van der Waals surface area contributed by atoms with Crippen LogP contribution in [0.25, 0.3) is 33.1 Å². The molecule has 0 atom stereocenters. The Balaban J connectivity index is 1.26.